The Bertz CT molecular complexity index is 674. The lowest BCUT2D eigenvalue weighted by Crippen LogP contribution is -2.29. The van der Waals surface area contributed by atoms with Gasteiger partial charge in [-0.05, 0) is 30.3 Å². The van der Waals surface area contributed by atoms with E-state index in [1.807, 2.05) is 0 Å². The Kier molecular flexibility index (Phi) is 3.05. The average molecular weight is 264 g/mol. The van der Waals surface area contributed by atoms with Crippen molar-refractivity contribution in [1.29, 1.82) is 0 Å². The van der Waals surface area contributed by atoms with E-state index in [9.17, 15) is 9.59 Å². The molecule has 0 fully saturated rings. The number of imide groups is 1. The summed E-state index contributed by atoms with van der Waals surface area (Å²) in [7, 11) is 0. The van der Waals surface area contributed by atoms with Crippen molar-refractivity contribution in [2.45, 2.75) is 0 Å². The summed E-state index contributed by atoms with van der Waals surface area (Å²) in [5.74, 6) is 0.326. The third kappa shape index (κ3) is 2.19. The lowest BCUT2D eigenvalue weighted by molar-refractivity contribution is -0.120. The number of carbonyl (C=O) groups excluding carboxylic acids is 2. The van der Waals surface area contributed by atoms with Crippen LogP contribution in [0.25, 0.3) is 0 Å². The van der Waals surface area contributed by atoms with Crippen LogP contribution in [-0.4, -0.2) is 11.8 Å². The van der Waals surface area contributed by atoms with E-state index in [-0.39, 0.29) is 11.8 Å². The van der Waals surface area contributed by atoms with Crippen molar-refractivity contribution in [2.75, 3.05) is 4.90 Å². The minimum atomic E-state index is -0.368. The minimum absolute atomic E-state index is 0.368. The summed E-state index contributed by atoms with van der Waals surface area (Å²) in [4.78, 5) is 24.6. The first-order valence-corrected chi connectivity index (χ1v) is 6.05. The van der Waals surface area contributed by atoms with E-state index in [2.05, 4.69) is 6.07 Å². The van der Waals surface area contributed by atoms with Crippen LogP contribution in [0.3, 0.4) is 0 Å². The third-order valence-electron chi connectivity index (χ3n) is 2.83. The molecule has 2 aromatic carbocycles. The number of amides is 2. The van der Waals surface area contributed by atoms with Gasteiger partial charge in [0.2, 0.25) is 0 Å². The van der Waals surface area contributed by atoms with Crippen LogP contribution >= 0.6 is 0 Å². The zero-order valence-corrected chi connectivity index (χ0v) is 10.4. The maximum atomic E-state index is 11.7. The van der Waals surface area contributed by atoms with E-state index >= 15 is 0 Å². The van der Waals surface area contributed by atoms with Gasteiger partial charge in [0.15, 0.2) is 5.75 Å². The second-order valence-corrected chi connectivity index (χ2v) is 4.15. The molecule has 0 saturated carbocycles. The summed E-state index contributed by atoms with van der Waals surface area (Å²) in [6.07, 6.45) is 2.49. The number of hydrogen-bond acceptors (Lipinski definition) is 3. The summed E-state index contributed by atoms with van der Waals surface area (Å²) in [6.45, 7) is 0. The number of hydrogen-bond donors (Lipinski definition) is 0. The Balaban J connectivity index is 1.97. The summed E-state index contributed by atoms with van der Waals surface area (Å²) in [6, 6.07) is 16.8. The highest BCUT2D eigenvalue weighted by molar-refractivity contribution is 6.28. The summed E-state index contributed by atoms with van der Waals surface area (Å²) in [5, 5.41) is 0. The zero-order chi connectivity index (χ0) is 13.9. The molecule has 0 aliphatic carbocycles. The molecule has 1 aliphatic heterocycles. The number of para-hydroxylation sites is 2. The number of carbonyl (C=O) groups is 2. The van der Waals surface area contributed by atoms with Gasteiger partial charge in [-0.15, -0.1) is 0 Å². The Hall–Kier alpha value is -2.88. The molecule has 0 N–H and O–H groups in total. The van der Waals surface area contributed by atoms with Crippen LogP contribution in [0.5, 0.6) is 11.5 Å². The van der Waals surface area contributed by atoms with Crippen LogP contribution < -0.4 is 9.64 Å². The van der Waals surface area contributed by atoms with Gasteiger partial charge in [0.05, 0.1) is 5.69 Å². The normalized spacial score (nSPS) is 13.9. The van der Waals surface area contributed by atoms with Crippen LogP contribution in [0.2, 0.25) is 0 Å². The molecule has 0 aromatic heterocycles. The fourth-order valence-corrected chi connectivity index (χ4v) is 1.93. The molecule has 3 rings (SSSR count). The minimum Gasteiger partial charge on any atom is -0.455 e. The van der Waals surface area contributed by atoms with Crippen LogP contribution in [0.4, 0.5) is 5.69 Å². The Morgan fingerprint density at radius 3 is 2.25 bits per heavy atom. The van der Waals surface area contributed by atoms with Crippen molar-refractivity contribution in [3.63, 3.8) is 0 Å². The first kappa shape index (κ1) is 12.2. The number of rotatable bonds is 3. The molecular weight excluding hydrogens is 254 g/mol. The number of ether oxygens (including phenoxy) is 1. The quantitative estimate of drug-likeness (QED) is 0.801. The monoisotopic (exact) mass is 264 g/mol. The van der Waals surface area contributed by atoms with E-state index in [4.69, 9.17) is 4.74 Å². The number of anilines is 1. The molecule has 1 radical (unpaired) electrons. The molecule has 0 bridgehead atoms. The Labute approximate surface area is 115 Å². The van der Waals surface area contributed by atoms with Gasteiger partial charge in [0, 0.05) is 12.2 Å². The molecule has 1 heterocycles. The fourth-order valence-electron chi connectivity index (χ4n) is 1.93. The molecule has 0 spiro atoms. The maximum Gasteiger partial charge on any atom is 0.258 e. The molecule has 0 unspecified atom stereocenters. The van der Waals surface area contributed by atoms with E-state index in [0.717, 1.165) is 4.90 Å². The summed E-state index contributed by atoms with van der Waals surface area (Å²) in [5.41, 5.74) is 0.431. The van der Waals surface area contributed by atoms with Crippen LogP contribution in [0, 0.1) is 6.07 Å². The van der Waals surface area contributed by atoms with Gasteiger partial charge in [-0.25, -0.2) is 4.90 Å². The summed E-state index contributed by atoms with van der Waals surface area (Å²) >= 11 is 0. The second-order valence-electron chi connectivity index (χ2n) is 4.15. The highest BCUT2D eigenvalue weighted by Gasteiger charge is 2.27. The standard InChI is InChI=1S/C16H10NO3/c18-15-10-11-16(19)17(15)13-8-4-5-9-14(13)20-12-6-2-1-3-7-12/h2-11H. The SMILES string of the molecule is O=C1C=CC(=O)N1c1ccccc1Oc1cc[c]cc1. The molecular formula is C16H10NO3. The van der Waals surface area contributed by atoms with Gasteiger partial charge in [-0.3, -0.25) is 9.59 Å². The lowest BCUT2D eigenvalue weighted by Gasteiger charge is -2.18. The van der Waals surface area contributed by atoms with Gasteiger partial charge >= 0.3 is 0 Å². The highest BCUT2D eigenvalue weighted by Crippen LogP contribution is 2.33. The molecule has 0 saturated heterocycles. The van der Waals surface area contributed by atoms with E-state index < -0.39 is 0 Å². The average Bonchev–Trinajstić information content (AvgIpc) is 2.80. The van der Waals surface area contributed by atoms with Crippen molar-refractivity contribution in [2.24, 2.45) is 0 Å². The predicted molar refractivity (Wildman–Crippen MR) is 73.4 cm³/mol. The lowest BCUT2D eigenvalue weighted by atomic mass is 10.2. The van der Waals surface area contributed by atoms with Crippen molar-refractivity contribution >= 4 is 17.5 Å². The van der Waals surface area contributed by atoms with Gasteiger partial charge in [0.25, 0.3) is 11.8 Å². The second kappa shape index (κ2) is 5.01. The third-order valence-corrected chi connectivity index (χ3v) is 2.83. The highest BCUT2D eigenvalue weighted by atomic mass is 16.5. The maximum absolute atomic E-state index is 11.7. The van der Waals surface area contributed by atoms with Gasteiger partial charge < -0.3 is 4.74 Å². The molecule has 4 nitrogen and oxygen atoms in total. The molecule has 0 atom stereocenters. The smallest absolute Gasteiger partial charge is 0.258 e. The van der Waals surface area contributed by atoms with E-state index in [0.29, 0.717) is 17.2 Å². The Morgan fingerprint density at radius 1 is 0.900 bits per heavy atom. The molecule has 1 aliphatic rings. The number of nitrogens with zero attached hydrogens (tertiary/aromatic N) is 1. The van der Waals surface area contributed by atoms with Crippen molar-refractivity contribution < 1.29 is 14.3 Å². The molecule has 4 heteroatoms. The molecule has 20 heavy (non-hydrogen) atoms. The van der Waals surface area contributed by atoms with Crippen LogP contribution in [-0.2, 0) is 9.59 Å². The molecule has 2 amide bonds. The summed E-state index contributed by atoms with van der Waals surface area (Å²) < 4.78 is 5.72. The zero-order valence-electron chi connectivity index (χ0n) is 10.4. The predicted octanol–water partition coefficient (Wildman–Crippen LogP) is 2.71. The fraction of sp³-hybridized carbons (Fsp3) is 0. The molecule has 2 aromatic rings. The van der Waals surface area contributed by atoms with Crippen molar-refractivity contribution in [3.05, 3.63) is 66.7 Å². The van der Waals surface area contributed by atoms with Crippen LogP contribution in [0.15, 0.2) is 60.7 Å². The largest absolute Gasteiger partial charge is 0.455 e. The van der Waals surface area contributed by atoms with E-state index in [1.54, 1.807) is 48.5 Å². The van der Waals surface area contributed by atoms with E-state index in [1.165, 1.54) is 12.2 Å². The Morgan fingerprint density at radius 2 is 1.55 bits per heavy atom. The van der Waals surface area contributed by atoms with Crippen molar-refractivity contribution in [1.82, 2.24) is 0 Å². The van der Waals surface area contributed by atoms with Crippen molar-refractivity contribution in [3.8, 4) is 11.5 Å². The van der Waals surface area contributed by atoms with Crippen LogP contribution in [0.1, 0.15) is 0 Å². The van der Waals surface area contributed by atoms with Gasteiger partial charge in [0.1, 0.15) is 5.75 Å². The van der Waals surface area contributed by atoms with Gasteiger partial charge in [-0.1, -0.05) is 24.3 Å². The number of benzene rings is 2. The molecule has 97 valence electrons. The first-order chi connectivity index (χ1) is 9.75. The topological polar surface area (TPSA) is 46.6 Å². The first-order valence-electron chi connectivity index (χ1n) is 6.05. The van der Waals surface area contributed by atoms with Gasteiger partial charge in [-0.2, -0.15) is 0 Å².